The minimum absolute atomic E-state index is 0.239. The molecule has 0 atom stereocenters. The summed E-state index contributed by atoms with van der Waals surface area (Å²) >= 11 is 26.1. The maximum absolute atomic E-state index is 6.45. The highest BCUT2D eigenvalue weighted by atomic mass is 35.5. The van der Waals surface area contributed by atoms with Gasteiger partial charge in [-0.25, -0.2) is 59.8 Å². The molecule has 0 aliphatic carbocycles. The predicted octanol–water partition coefficient (Wildman–Crippen LogP) is 29.4. The molecule has 0 bridgehead atoms. The number of halogens is 3. The Bertz CT molecular complexity index is 8580. The fourth-order valence-electron chi connectivity index (χ4n) is 16.4. The van der Waals surface area contributed by atoms with Gasteiger partial charge in [-0.15, -0.1) is 45.3 Å². The molecular weight excluding hydrogens is 1650 g/mol. The van der Waals surface area contributed by atoms with Gasteiger partial charge < -0.3 is 0 Å². The van der Waals surface area contributed by atoms with Crippen LogP contribution in [0.4, 0.5) is 0 Å². The zero-order valence-electron chi connectivity index (χ0n) is 64.4. The molecule has 0 radical (unpaired) electrons. The van der Waals surface area contributed by atoms with Crippen molar-refractivity contribution >= 4 is 216 Å². The molecule has 0 aliphatic heterocycles. The summed E-state index contributed by atoms with van der Waals surface area (Å²) in [5.41, 5.74) is 20.4. The third-order valence-electron chi connectivity index (χ3n) is 22.2. The second kappa shape index (κ2) is 30.8. The summed E-state index contributed by atoms with van der Waals surface area (Å²) in [6.45, 7) is 0. The van der Waals surface area contributed by atoms with Gasteiger partial charge >= 0.3 is 0 Å². The Morgan fingerprint density at radius 2 is 0.561 bits per heavy atom. The van der Waals surface area contributed by atoms with Gasteiger partial charge in [-0.05, 0) is 112 Å². The van der Waals surface area contributed by atoms with Gasteiger partial charge in [-0.2, -0.15) is 0 Å². The number of para-hydroxylation sites is 2. The molecule has 25 rings (SSSR count). The normalized spacial score (nSPS) is 11.7. The summed E-state index contributed by atoms with van der Waals surface area (Å²) in [6.07, 6.45) is 1.81. The van der Waals surface area contributed by atoms with Crippen LogP contribution < -0.4 is 0 Å². The molecule has 0 amide bonds. The molecule has 11 aromatic heterocycles. The first-order chi connectivity index (χ1) is 60.6. The van der Waals surface area contributed by atoms with Crippen LogP contribution in [0.1, 0.15) is 0 Å². The lowest BCUT2D eigenvalue weighted by Crippen LogP contribution is -1.97. The van der Waals surface area contributed by atoms with Gasteiger partial charge in [0.1, 0.15) is 0 Å². The van der Waals surface area contributed by atoms with E-state index in [1.54, 1.807) is 45.3 Å². The summed E-state index contributed by atoms with van der Waals surface area (Å²) in [6, 6.07) is 114. The number of rotatable bonds is 9. The third-order valence-corrected chi connectivity index (χ3v) is 27.3. The van der Waals surface area contributed by atoms with Crippen LogP contribution in [-0.2, 0) is 0 Å². The topological polar surface area (TPSA) is 168 Å². The SMILES string of the molecule is Clc1nc(-c2ccc(-c3nc(-c4ccc5c(c4)sc4ccccc45)nc4ccccc34)cc2)c2sc3ccccc3c2n1.Clc1nc(-c2ccc(-c3nc(-c4cccc5ncccc45)nc4cc5ccccc5cc34)cc2)c2sc3ccccc3c2n1.Clc1nc(-c2ccc(-c3nc(-c4ccccc4)c4ccccc4n3)cc2)c2sc3ccccc3c2n1. The highest BCUT2D eigenvalue weighted by Gasteiger charge is 2.23. The Labute approximate surface area is 731 Å². The van der Waals surface area contributed by atoms with Crippen LogP contribution in [0.3, 0.4) is 0 Å². The summed E-state index contributed by atoms with van der Waals surface area (Å²) < 4.78 is 9.10. The minimum atomic E-state index is 0.239. The van der Waals surface area contributed by atoms with Crippen LogP contribution in [-0.4, -0.2) is 64.8 Å². The fraction of sp³-hybridized carbons (Fsp3) is 0. The van der Waals surface area contributed by atoms with Crippen molar-refractivity contribution in [1.82, 2.24) is 64.8 Å². The van der Waals surface area contributed by atoms with E-state index in [0.29, 0.717) is 17.5 Å². The Morgan fingerprint density at radius 3 is 1.08 bits per heavy atom. The van der Waals surface area contributed by atoms with Gasteiger partial charge in [-0.3, -0.25) is 4.98 Å². The molecule has 0 N–H and O–H groups in total. The van der Waals surface area contributed by atoms with Crippen molar-refractivity contribution in [2.45, 2.75) is 0 Å². The average Bonchev–Trinajstić information content (AvgIpc) is 1.27. The Kier molecular flexibility index (Phi) is 18.5. The monoisotopic (exact) mass is 1710 g/mol. The largest absolute Gasteiger partial charge is 0.256 e. The van der Waals surface area contributed by atoms with Gasteiger partial charge in [0.05, 0.1) is 86.9 Å². The van der Waals surface area contributed by atoms with Crippen LogP contribution in [0.25, 0.3) is 237 Å². The van der Waals surface area contributed by atoms with Crippen LogP contribution in [0.5, 0.6) is 0 Å². The molecule has 0 saturated carbocycles. The van der Waals surface area contributed by atoms with Gasteiger partial charge in [0.15, 0.2) is 17.5 Å². The molecule has 123 heavy (non-hydrogen) atoms. The lowest BCUT2D eigenvalue weighted by molar-refractivity contribution is 1.22. The zero-order valence-corrected chi connectivity index (χ0v) is 69.9. The van der Waals surface area contributed by atoms with Crippen LogP contribution in [0, 0.1) is 0 Å². The summed E-state index contributed by atoms with van der Waals surface area (Å²) in [7, 11) is 0. The van der Waals surface area contributed by atoms with Crippen molar-refractivity contribution in [2.75, 3.05) is 0 Å². The number of aromatic nitrogens is 13. The smallest absolute Gasteiger partial charge is 0.223 e. The number of hydrogen-bond donors (Lipinski definition) is 0. The standard InChI is InChI=1S/C37H20ClN5S.C36H19ClN4S2.C30H17ClN4S/c38-37-42-33(35-34(43-37)27-9-3-4-13-31(27)44-35)22-16-14-21(15-17-22)32-28-19-23-7-1-2-8-24(23)20-30(28)40-36(41-32)26-10-5-12-29-25(26)11-6-18-39-29;37-36-40-32(34-33(41-36)26-9-3-6-12-29(26)43-34)21-15-13-20(14-16-21)31-25-8-1-4-10-27(25)38-35(39-31)22-17-18-24-23-7-2-5-11-28(23)42-30(24)19-22;31-30-34-26(28-27(35-30)22-11-5-7-13-24(22)36-28)19-14-16-20(17-15-19)29-32-23-12-6-4-10-21(23)25(33-29)18-8-2-1-3-9-18/h1-20H;1-19H;1-17H. The Morgan fingerprint density at radius 1 is 0.195 bits per heavy atom. The fourth-order valence-corrected chi connectivity index (χ4v) is 21.5. The molecule has 0 fully saturated rings. The van der Waals surface area contributed by atoms with Gasteiger partial charge in [-0.1, -0.05) is 267 Å². The maximum Gasteiger partial charge on any atom is 0.223 e. The van der Waals surface area contributed by atoms with Crippen molar-refractivity contribution in [3.8, 4) is 102 Å². The Hall–Kier alpha value is -14.2. The van der Waals surface area contributed by atoms with Crippen LogP contribution in [0.2, 0.25) is 15.9 Å². The molecule has 11 heterocycles. The second-order valence-electron chi connectivity index (χ2n) is 29.6. The highest BCUT2D eigenvalue weighted by Crippen LogP contribution is 2.46. The number of nitrogens with zero attached hydrogens (tertiary/aromatic N) is 13. The highest BCUT2D eigenvalue weighted by molar-refractivity contribution is 7.27. The van der Waals surface area contributed by atoms with E-state index in [1.165, 1.54) is 29.6 Å². The molecule has 14 aromatic carbocycles. The zero-order chi connectivity index (χ0) is 81.8. The molecule has 0 saturated heterocycles. The molecule has 0 unspecified atom stereocenters. The second-order valence-corrected chi connectivity index (χ2v) is 34.8. The first-order valence-corrected chi connectivity index (χ1v) is 44.0. The number of hydrogen-bond acceptors (Lipinski definition) is 17. The summed E-state index contributed by atoms with van der Waals surface area (Å²) in [4.78, 5) is 62.4. The van der Waals surface area contributed by atoms with Crippen molar-refractivity contribution in [3.63, 3.8) is 0 Å². The van der Waals surface area contributed by atoms with Crippen molar-refractivity contribution < 1.29 is 0 Å². The maximum atomic E-state index is 6.45. The van der Waals surface area contributed by atoms with Crippen LogP contribution >= 0.6 is 80.1 Å². The third kappa shape index (κ3) is 13.5. The molecule has 13 nitrogen and oxygen atoms in total. The molecule has 25 aromatic rings. The number of pyridine rings is 1. The Balaban J connectivity index is 0.000000107. The molecular formula is C103H56Cl3N13S4. The summed E-state index contributed by atoms with van der Waals surface area (Å²) in [5.74, 6) is 2.07. The number of fused-ring (bicyclic) bond motifs is 17. The van der Waals surface area contributed by atoms with Crippen molar-refractivity contribution in [3.05, 3.63) is 356 Å². The molecule has 20 heteroatoms. The van der Waals surface area contributed by atoms with Gasteiger partial charge in [0.25, 0.3) is 0 Å². The first kappa shape index (κ1) is 73.9. The number of benzene rings is 14. The van der Waals surface area contributed by atoms with E-state index in [4.69, 9.17) is 64.7 Å². The van der Waals surface area contributed by atoms with E-state index in [0.717, 1.165) is 190 Å². The lowest BCUT2D eigenvalue weighted by atomic mass is 10.00. The van der Waals surface area contributed by atoms with Crippen molar-refractivity contribution in [1.29, 1.82) is 0 Å². The molecule has 578 valence electrons. The predicted molar refractivity (Wildman–Crippen MR) is 514 cm³/mol. The van der Waals surface area contributed by atoms with Crippen molar-refractivity contribution in [2.24, 2.45) is 0 Å². The van der Waals surface area contributed by atoms with E-state index in [1.807, 2.05) is 121 Å². The number of thiophene rings is 4. The first-order valence-electron chi connectivity index (χ1n) is 39.6. The van der Waals surface area contributed by atoms with E-state index in [2.05, 4.69) is 253 Å². The lowest BCUT2D eigenvalue weighted by Gasteiger charge is -2.12. The van der Waals surface area contributed by atoms with E-state index < -0.39 is 0 Å². The van der Waals surface area contributed by atoms with Crippen LogP contribution in [0.15, 0.2) is 340 Å². The van der Waals surface area contributed by atoms with E-state index in [9.17, 15) is 0 Å². The van der Waals surface area contributed by atoms with E-state index in [-0.39, 0.29) is 15.9 Å². The van der Waals surface area contributed by atoms with Gasteiger partial charge in [0.2, 0.25) is 15.9 Å². The minimum Gasteiger partial charge on any atom is -0.256 e. The summed E-state index contributed by atoms with van der Waals surface area (Å²) in [5, 5.41) is 12.9. The van der Waals surface area contributed by atoms with Gasteiger partial charge in [0, 0.05) is 128 Å². The van der Waals surface area contributed by atoms with E-state index >= 15 is 0 Å². The quantitative estimate of drug-likeness (QED) is 0.0990. The molecule has 0 spiro atoms. The molecule has 0 aliphatic rings. The average molecular weight is 1710 g/mol.